The summed E-state index contributed by atoms with van der Waals surface area (Å²) in [5.41, 5.74) is 14.0. The summed E-state index contributed by atoms with van der Waals surface area (Å²) in [5, 5.41) is 0. The Morgan fingerprint density at radius 2 is 1.07 bits per heavy atom. The van der Waals surface area contributed by atoms with Crippen molar-refractivity contribution in [1.82, 2.24) is 4.98 Å². The highest BCUT2D eigenvalue weighted by Crippen LogP contribution is 2.03. The third-order valence-corrected chi connectivity index (χ3v) is 2.48. The van der Waals surface area contributed by atoms with Crippen molar-refractivity contribution in [3.63, 3.8) is 0 Å². The molecule has 4 N–H and O–H groups in total. The molecule has 2 aromatic rings. The second kappa shape index (κ2) is 37.7. The second-order valence-corrected chi connectivity index (χ2v) is 6.09. The summed E-state index contributed by atoms with van der Waals surface area (Å²) in [6.07, 6.45) is 6.84. The van der Waals surface area contributed by atoms with Crippen LogP contribution in [0, 0.1) is 13.8 Å². The Morgan fingerprint density at radius 1 is 0.667 bits per heavy atom. The average molecular weight is 422 g/mol. The van der Waals surface area contributed by atoms with Gasteiger partial charge in [0.05, 0.1) is 0 Å². The van der Waals surface area contributed by atoms with E-state index in [1.807, 2.05) is 77.9 Å². The van der Waals surface area contributed by atoms with Crippen molar-refractivity contribution >= 4 is 11.5 Å². The molecule has 0 amide bonds. The second-order valence-electron chi connectivity index (χ2n) is 6.09. The van der Waals surface area contributed by atoms with E-state index in [4.69, 9.17) is 11.5 Å². The number of nitrogens with zero attached hydrogens (tertiary/aromatic N) is 1. The number of benzene rings is 1. The molecule has 0 bridgehead atoms. The molecule has 1 heterocycles. The highest BCUT2D eigenvalue weighted by atomic mass is 14.8. The van der Waals surface area contributed by atoms with Gasteiger partial charge in [-0.2, -0.15) is 0 Å². The molecule has 0 fully saturated rings. The Morgan fingerprint density at radius 3 is 1.27 bits per heavy atom. The van der Waals surface area contributed by atoms with Crippen LogP contribution in [0.15, 0.2) is 42.6 Å². The van der Waals surface area contributed by atoms with Crippen molar-refractivity contribution in [3.8, 4) is 0 Å². The number of pyridine rings is 1. The molecule has 3 nitrogen and oxygen atoms in total. The fourth-order valence-electron chi connectivity index (χ4n) is 1.23. The molecule has 1 aromatic carbocycles. The molecular weight excluding hydrogens is 366 g/mol. The predicted octanol–water partition coefficient (Wildman–Crippen LogP) is 9.24. The summed E-state index contributed by atoms with van der Waals surface area (Å²) in [7, 11) is 0. The van der Waals surface area contributed by atoms with Crippen molar-refractivity contribution in [1.29, 1.82) is 0 Å². The van der Waals surface area contributed by atoms with Gasteiger partial charge in [0, 0.05) is 11.9 Å². The van der Waals surface area contributed by atoms with Gasteiger partial charge in [-0.3, -0.25) is 0 Å². The minimum absolute atomic E-state index is 0.588. The van der Waals surface area contributed by atoms with Crippen LogP contribution in [0.25, 0.3) is 0 Å². The Labute approximate surface area is 190 Å². The van der Waals surface area contributed by atoms with Gasteiger partial charge in [0.15, 0.2) is 0 Å². The zero-order valence-electron chi connectivity index (χ0n) is 22.5. The van der Waals surface area contributed by atoms with Crippen LogP contribution >= 0.6 is 0 Å². The minimum atomic E-state index is 0.588. The molecule has 0 aliphatic carbocycles. The number of anilines is 2. The van der Waals surface area contributed by atoms with Gasteiger partial charge in [0.2, 0.25) is 0 Å². The lowest BCUT2D eigenvalue weighted by Gasteiger charge is -1.91. The van der Waals surface area contributed by atoms with Gasteiger partial charge in [0.25, 0.3) is 0 Å². The third kappa shape index (κ3) is 45.0. The summed E-state index contributed by atoms with van der Waals surface area (Å²) in [4.78, 5) is 3.82. The number of rotatable bonds is 1. The van der Waals surface area contributed by atoms with E-state index in [2.05, 4.69) is 46.5 Å². The number of hydrogen-bond acceptors (Lipinski definition) is 3. The van der Waals surface area contributed by atoms with E-state index in [1.165, 1.54) is 31.2 Å². The first-order chi connectivity index (χ1) is 14.3. The lowest BCUT2D eigenvalue weighted by atomic mass is 10.2. The molecule has 178 valence electrons. The number of aromatic nitrogens is 1. The number of nitrogens with two attached hydrogens (primary N) is 2. The number of unbranched alkanes of at least 4 members (excludes halogenated alkanes) is 1. The lowest BCUT2D eigenvalue weighted by molar-refractivity contribution is 0.886. The molecule has 0 saturated heterocycles. The molecule has 3 heteroatoms. The molecule has 0 radical (unpaired) electrons. The van der Waals surface area contributed by atoms with E-state index in [9.17, 15) is 0 Å². The van der Waals surface area contributed by atoms with Crippen molar-refractivity contribution in [2.75, 3.05) is 11.5 Å². The van der Waals surface area contributed by atoms with Crippen molar-refractivity contribution in [2.45, 2.75) is 109 Å². The van der Waals surface area contributed by atoms with Crippen LogP contribution in [0.5, 0.6) is 0 Å². The first-order valence-corrected chi connectivity index (χ1v) is 11.8. The van der Waals surface area contributed by atoms with E-state index >= 15 is 0 Å². The Balaban J connectivity index is -0.0000000885. The summed E-state index contributed by atoms with van der Waals surface area (Å²) in [5.74, 6) is 0.588. The topological polar surface area (TPSA) is 64.9 Å². The maximum Gasteiger partial charge on any atom is 0.123 e. The predicted molar refractivity (Wildman–Crippen MR) is 144 cm³/mol. The van der Waals surface area contributed by atoms with E-state index < -0.39 is 0 Å². The molecule has 30 heavy (non-hydrogen) atoms. The quantitative estimate of drug-likeness (QED) is 0.451. The maximum atomic E-state index is 5.46. The van der Waals surface area contributed by atoms with Crippen LogP contribution in [-0.4, -0.2) is 4.98 Å². The third-order valence-electron chi connectivity index (χ3n) is 2.48. The monoisotopic (exact) mass is 421 g/mol. The molecule has 0 spiro atoms. The van der Waals surface area contributed by atoms with Crippen LogP contribution in [0.1, 0.15) is 106 Å². The zero-order chi connectivity index (χ0) is 24.8. The molecule has 0 atom stereocenters. The van der Waals surface area contributed by atoms with Crippen LogP contribution in [0.2, 0.25) is 0 Å². The average Bonchev–Trinajstić information content (AvgIpc) is 2.72. The SMILES string of the molecule is CC.CC.CCC.CCC.CCCC.Cc1cccc(N)c1.Cc1ccnc(N)c1. The van der Waals surface area contributed by atoms with Crippen molar-refractivity contribution < 1.29 is 0 Å². The van der Waals surface area contributed by atoms with Gasteiger partial charge in [-0.15, -0.1) is 0 Å². The molecule has 0 aliphatic rings. The zero-order valence-corrected chi connectivity index (χ0v) is 22.5. The molecule has 2 rings (SSSR count). The van der Waals surface area contributed by atoms with Gasteiger partial charge in [-0.05, 0) is 49.2 Å². The number of aryl methyl sites for hydroxylation is 2. The maximum absolute atomic E-state index is 5.46. The van der Waals surface area contributed by atoms with Crippen molar-refractivity contribution in [3.05, 3.63) is 53.7 Å². The van der Waals surface area contributed by atoms with E-state index in [1.54, 1.807) is 6.20 Å². The standard InChI is InChI=1S/C7H9N.C6H8N2.C4H10.2C3H8.2C2H6/c1-6-3-2-4-7(8)5-6;1-5-2-3-8-6(7)4-5;1-3-4-2;2*1-3-2;2*1-2/h2-5H,8H2,1H3;2-4H,1H3,(H2,7,8);3-4H2,1-2H3;2*3H2,1-2H3;2*1-2H3. The first-order valence-electron chi connectivity index (χ1n) is 11.8. The van der Waals surface area contributed by atoms with Gasteiger partial charge < -0.3 is 11.5 Å². The fraction of sp³-hybridized carbons (Fsp3) is 0.593. The Kier molecular flexibility index (Phi) is 48.4. The largest absolute Gasteiger partial charge is 0.399 e. The summed E-state index contributed by atoms with van der Waals surface area (Å²) < 4.78 is 0. The number of hydrogen-bond donors (Lipinski definition) is 2. The molecular formula is C27H55N3. The van der Waals surface area contributed by atoms with E-state index in [0.717, 1.165) is 11.3 Å². The highest BCUT2D eigenvalue weighted by molar-refractivity contribution is 5.39. The normalized spacial score (nSPS) is 7.47. The van der Waals surface area contributed by atoms with E-state index in [-0.39, 0.29) is 0 Å². The summed E-state index contributed by atoms with van der Waals surface area (Å²) in [6, 6.07) is 11.5. The fourth-order valence-corrected chi connectivity index (χ4v) is 1.23. The molecule has 0 aliphatic heterocycles. The molecule has 0 unspecified atom stereocenters. The van der Waals surface area contributed by atoms with Crippen LogP contribution in [0.3, 0.4) is 0 Å². The molecule has 1 aromatic heterocycles. The lowest BCUT2D eigenvalue weighted by Crippen LogP contribution is -1.87. The van der Waals surface area contributed by atoms with E-state index in [0.29, 0.717) is 5.82 Å². The number of nitrogen functional groups attached to an aromatic ring is 2. The molecule has 0 saturated carbocycles. The Bertz CT molecular complexity index is 429. The smallest absolute Gasteiger partial charge is 0.123 e. The summed E-state index contributed by atoms with van der Waals surface area (Å²) in [6.45, 7) is 24.9. The Hall–Kier alpha value is -2.03. The minimum Gasteiger partial charge on any atom is -0.399 e. The van der Waals surface area contributed by atoms with Crippen molar-refractivity contribution in [2.24, 2.45) is 0 Å². The van der Waals surface area contributed by atoms with Crippen LogP contribution < -0.4 is 11.5 Å². The van der Waals surface area contributed by atoms with Gasteiger partial charge >= 0.3 is 0 Å². The highest BCUT2D eigenvalue weighted by Gasteiger charge is 1.82. The first kappa shape index (κ1) is 38.6. The van der Waals surface area contributed by atoms with Crippen LogP contribution in [0.4, 0.5) is 11.5 Å². The van der Waals surface area contributed by atoms with Gasteiger partial charge in [0.1, 0.15) is 5.82 Å². The van der Waals surface area contributed by atoms with Gasteiger partial charge in [-0.1, -0.05) is 107 Å². The summed E-state index contributed by atoms with van der Waals surface area (Å²) >= 11 is 0. The van der Waals surface area contributed by atoms with Gasteiger partial charge in [-0.25, -0.2) is 4.98 Å². The van der Waals surface area contributed by atoms with Crippen LogP contribution in [-0.2, 0) is 0 Å².